The largest absolute Gasteiger partial charge is 0.379 e. The first kappa shape index (κ1) is 23.5. The molecule has 2 aromatic heterocycles. The van der Waals surface area contributed by atoms with Crippen molar-refractivity contribution >= 4 is 35.0 Å². The van der Waals surface area contributed by atoms with Crippen molar-refractivity contribution in [2.75, 3.05) is 76.9 Å². The standard InChI is InChI=1S/C25H34N8O2/c1-19-24(28-21-7-5-4-6-20(21)17-31-8-12-34-13-9-31)33-25(27-19)22(26-18-30(2)3)16-23(29-33)32-10-14-35-15-11-32/h4-7,16,18,28H,8-15,17H2,1-3H3. The van der Waals surface area contributed by atoms with Gasteiger partial charge in [-0.1, -0.05) is 18.2 Å². The highest BCUT2D eigenvalue weighted by Gasteiger charge is 2.20. The predicted molar refractivity (Wildman–Crippen MR) is 138 cm³/mol. The Bertz CT molecular complexity index is 1180. The number of aryl methyl sites for hydroxylation is 1. The zero-order valence-electron chi connectivity index (χ0n) is 20.8. The summed E-state index contributed by atoms with van der Waals surface area (Å²) in [5.74, 6) is 1.72. The molecule has 186 valence electrons. The molecule has 0 atom stereocenters. The number of hydrogen-bond donors (Lipinski definition) is 1. The molecule has 0 bridgehead atoms. The molecule has 1 N–H and O–H groups in total. The van der Waals surface area contributed by atoms with Crippen LogP contribution in [0.25, 0.3) is 5.65 Å². The van der Waals surface area contributed by atoms with Crippen molar-refractivity contribution in [3.05, 3.63) is 41.6 Å². The molecule has 10 nitrogen and oxygen atoms in total. The lowest BCUT2D eigenvalue weighted by Crippen LogP contribution is -2.37. The fourth-order valence-corrected chi connectivity index (χ4v) is 4.37. The van der Waals surface area contributed by atoms with Gasteiger partial charge in [0.15, 0.2) is 17.3 Å². The second-order valence-electron chi connectivity index (χ2n) is 9.15. The van der Waals surface area contributed by atoms with Gasteiger partial charge in [-0.05, 0) is 18.6 Å². The number of nitrogens with one attached hydrogen (secondary N) is 1. The zero-order valence-corrected chi connectivity index (χ0v) is 20.8. The van der Waals surface area contributed by atoms with Crippen molar-refractivity contribution < 1.29 is 9.47 Å². The third-order valence-corrected chi connectivity index (χ3v) is 6.26. The molecule has 3 aromatic rings. The number of anilines is 3. The summed E-state index contributed by atoms with van der Waals surface area (Å²) in [5, 5.41) is 8.65. The summed E-state index contributed by atoms with van der Waals surface area (Å²) in [6.07, 6.45) is 1.80. The van der Waals surface area contributed by atoms with Crippen molar-refractivity contribution in [1.29, 1.82) is 0 Å². The molecule has 2 aliphatic heterocycles. The van der Waals surface area contributed by atoms with Crippen molar-refractivity contribution in [3.8, 4) is 0 Å². The van der Waals surface area contributed by atoms with Gasteiger partial charge in [0.2, 0.25) is 0 Å². The molecular weight excluding hydrogens is 444 g/mol. The maximum Gasteiger partial charge on any atom is 0.182 e. The number of para-hydroxylation sites is 1. The van der Waals surface area contributed by atoms with E-state index in [0.717, 1.165) is 80.3 Å². The zero-order chi connectivity index (χ0) is 24.2. The van der Waals surface area contributed by atoms with Crippen LogP contribution in [-0.4, -0.2) is 97.4 Å². The molecule has 0 aliphatic carbocycles. The van der Waals surface area contributed by atoms with Crippen LogP contribution in [0.1, 0.15) is 11.3 Å². The minimum atomic E-state index is 0.693. The highest BCUT2D eigenvalue weighted by molar-refractivity contribution is 5.77. The number of aromatic nitrogens is 3. The molecule has 1 aromatic carbocycles. The average molecular weight is 479 g/mol. The lowest BCUT2D eigenvalue weighted by Gasteiger charge is -2.28. The Morgan fingerprint density at radius 3 is 2.51 bits per heavy atom. The first-order valence-corrected chi connectivity index (χ1v) is 12.2. The predicted octanol–water partition coefficient (Wildman–Crippen LogP) is 2.67. The van der Waals surface area contributed by atoms with Gasteiger partial charge in [0.05, 0.1) is 38.5 Å². The van der Waals surface area contributed by atoms with Gasteiger partial charge in [0, 0.05) is 58.6 Å². The van der Waals surface area contributed by atoms with E-state index < -0.39 is 0 Å². The van der Waals surface area contributed by atoms with Gasteiger partial charge >= 0.3 is 0 Å². The summed E-state index contributed by atoms with van der Waals surface area (Å²) < 4.78 is 13.0. The summed E-state index contributed by atoms with van der Waals surface area (Å²) in [6.45, 7) is 9.32. The van der Waals surface area contributed by atoms with Crippen LogP contribution >= 0.6 is 0 Å². The number of imidazole rings is 1. The van der Waals surface area contributed by atoms with E-state index in [4.69, 9.17) is 24.5 Å². The number of ether oxygens (including phenoxy) is 2. The van der Waals surface area contributed by atoms with Gasteiger partial charge in [0.1, 0.15) is 5.69 Å². The molecule has 2 fully saturated rings. The van der Waals surface area contributed by atoms with Gasteiger partial charge in [-0.3, -0.25) is 4.90 Å². The highest BCUT2D eigenvalue weighted by atomic mass is 16.5. The van der Waals surface area contributed by atoms with Gasteiger partial charge in [-0.2, -0.15) is 4.52 Å². The molecule has 0 radical (unpaired) electrons. The lowest BCUT2D eigenvalue weighted by molar-refractivity contribution is 0.0343. The fraction of sp³-hybridized carbons (Fsp3) is 0.480. The Morgan fingerprint density at radius 2 is 1.77 bits per heavy atom. The molecule has 10 heteroatoms. The summed E-state index contributed by atoms with van der Waals surface area (Å²) in [4.78, 5) is 16.2. The number of rotatable bonds is 7. The highest BCUT2D eigenvalue weighted by Crippen LogP contribution is 2.31. The molecule has 2 saturated heterocycles. The van der Waals surface area contributed by atoms with Gasteiger partial charge in [-0.25, -0.2) is 9.98 Å². The minimum absolute atomic E-state index is 0.693. The number of aliphatic imine (C=N–C) groups is 1. The van der Waals surface area contributed by atoms with Gasteiger partial charge in [-0.15, -0.1) is 5.10 Å². The van der Waals surface area contributed by atoms with Crippen LogP contribution in [0.2, 0.25) is 0 Å². The van der Waals surface area contributed by atoms with Gasteiger partial charge in [0.25, 0.3) is 0 Å². The second-order valence-corrected chi connectivity index (χ2v) is 9.15. The van der Waals surface area contributed by atoms with Crippen LogP contribution < -0.4 is 10.2 Å². The average Bonchev–Trinajstić information content (AvgIpc) is 3.19. The maximum absolute atomic E-state index is 5.55. The Hall–Kier alpha value is -3.21. The van der Waals surface area contributed by atoms with E-state index in [1.54, 1.807) is 6.34 Å². The summed E-state index contributed by atoms with van der Waals surface area (Å²) >= 11 is 0. The molecule has 5 rings (SSSR count). The molecule has 4 heterocycles. The van der Waals surface area contributed by atoms with Gasteiger partial charge < -0.3 is 24.6 Å². The SMILES string of the molecule is Cc1nc2c(N=CN(C)C)cc(N3CCOCC3)nn2c1Nc1ccccc1CN1CCOCC1. The van der Waals surface area contributed by atoms with Crippen LogP contribution in [0.5, 0.6) is 0 Å². The number of morpholine rings is 2. The number of benzene rings is 1. The third kappa shape index (κ3) is 5.39. The van der Waals surface area contributed by atoms with Crippen LogP contribution in [0.3, 0.4) is 0 Å². The first-order valence-electron chi connectivity index (χ1n) is 12.2. The topological polar surface area (TPSA) is 82.8 Å². The first-order chi connectivity index (χ1) is 17.1. The van der Waals surface area contributed by atoms with Crippen LogP contribution in [0.15, 0.2) is 35.3 Å². The second kappa shape index (κ2) is 10.6. The fourth-order valence-electron chi connectivity index (χ4n) is 4.37. The van der Waals surface area contributed by atoms with E-state index in [0.29, 0.717) is 13.2 Å². The quantitative estimate of drug-likeness (QED) is 0.410. The van der Waals surface area contributed by atoms with E-state index >= 15 is 0 Å². The minimum Gasteiger partial charge on any atom is -0.379 e. The van der Waals surface area contributed by atoms with Crippen LogP contribution in [0.4, 0.5) is 23.0 Å². The van der Waals surface area contributed by atoms with E-state index in [-0.39, 0.29) is 0 Å². The summed E-state index contributed by atoms with van der Waals surface area (Å²) in [5.41, 5.74) is 4.68. The Morgan fingerprint density at radius 1 is 1.06 bits per heavy atom. The molecule has 0 amide bonds. The number of hydrogen-bond acceptors (Lipinski definition) is 8. The van der Waals surface area contributed by atoms with E-state index in [9.17, 15) is 0 Å². The lowest BCUT2D eigenvalue weighted by atomic mass is 10.1. The third-order valence-electron chi connectivity index (χ3n) is 6.26. The molecule has 0 unspecified atom stereocenters. The van der Waals surface area contributed by atoms with E-state index in [1.807, 2.05) is 36.5 Å². The van der Waals surface area contributed by atoms with Crippen LogP contribution in [0, 0.1) is 6.92 Å². The molecule has 35 heavy (non-hydrogen) atoms. The normalized spacial score (nSPS) is 17.4. The van der Waals surface area contributed by atoms with E-state index in [1.165, 1.54) is 5.56 Å². The molecule has 0 saturated carbocycles. The Balaban J connectivity index is 1.53. The van der Waals surface area contributed by atoms with Crippen LogP contribution in [-0.2, 0) is 16.0 Å². The molecule has 0 spiro atoms. The summed E-state index contributed by atoms with van der Waals surface area (Å²) in [7, 11) is 3.92. The Labute approximate surface area is 206 Å². The number of nitrogens with zero attached hydrogens (tertiary/aromatic N) is 7. The smallest absolute Gasteiger partial charge is 0.182 e. The maximum atomic E-state index is 5.55. The van der Waals surface area contributed by atoms with Crippen molar-refractivity contribution in [2.24, 2.45) is 4.99 Å². The van der Waals surface area contributed by atoms with E-state index in [2.05, 4.69) is 39.4 Å². The summed E-state index contributed by atoms with van der Waals surface area (Å²) in [6, 6.07) is 10.5. The molecule has 2 aliphatic rings. The van der Waals surface area contributed by atoms with Crippen molar-refractivity contribution in [2.45, 2.75) is 13.5 Å². The monoisotopic (exact) mass is 478 g/mol. The number of fused-ring (bicyclic) bond motifs is 1. The van der Waals surface area contributed by atoms with Crippen molar-refractivity contribution in [1.82, 2.24) is 24.4 Å². The Kier molecular flexibility index (Phi) is 7.12. The van der Waals surface area contributed by atoms with Crippen molar-refractivity contribution in [3.63, 3.8) is 0 Å². The molecular formula is C25H34N8O2.